The number of nitrogens with two attached hydrogens (primary N) is 1. The van der Waals surface area contributed by atoms with Gasteiger partial charge in [-0.25, -0.2) is 13.1 Å². The van der Waals surface area contributed by atoms with Crippen molar-refractivity contribution < 1.29 is 27.9 Å². The lowest BCUT2D eigenvalue weighted by atomic mass is 9.82. The summed E-state index contributed by atoms with van der Waals surface area (Å²) in [4.78, 5) is 28.3. The highest BCUT2D eigenvalue weighted by Gasteiger charge is 2.35. The molecule has 194 valence electrons. The van der Waals surface area contributed by atoms with Crippen molar-refractivity contribution >= 4 is 27.3 Å². The molecule has 0 aliphatic heterocycles. The number of rotatable bonds is 10. The number of phenolic OH excluding ortho intramolecular Hbond substituents is 1. The Balaban J connectivity index is 1.51. The number of fused-ring (bicyclic) bond motifs is 2. The molecule has 4 rings (SSSR count). The van der Waals surface area contributed by atoms with Crippen LogP contribution in [-0.2, 0) is 10.0 Å². The lowest BCUT2D eigenvalue weighted by Crippen LogP contribution is -2.30. The molecule has 0 heterocycles. The highest BCUT2D eigenvalue weighted by molar-refractivity contribution is 7.89. The Kier molecular flexibility index (Phi) is 7.63. The number of hydrogen-bond donors (Lipinski definition) is 3. The van der Waals surface area contributed by atoms with Crippen LogP contribution < -0.4 is 15.2 Å². The van der Waals surface area contributed by atoms with Gasteiger partial charge in [0.15, 0.2) is 17.3 Å². The summed E-state index contributed by atoms with van der Waals surface area (Å²) in [5, 5.41) is 10.6. The van der Waals surface area contributed by atoms with E-state index in [9.17, 15) is 23.1 Å². The quantitative estimate of drug-likeness (QED) is 0.163. The molecule has 0 saturated heterocycles. The van der Waals surface area contributed by atoms with Crippen LogP contribution in [0.5, 0.6) is 17.2 Å². The first-order valence-electron chi connectivity index (χ1n) is 12.0. The van der Waals surface area contributed by atoms with E-state index in [4.69, 9.17) is 10.5 Å². The molecule has 0 amide bonds. The van der Waals surface area contributed by atoms with Crippen LogP contribution in [0.25, 0.3) is 0 Å². The van der Waals surface area contributed by atoms with E-state index < -0.39 is 27.3 Å². The third-order valence-corrected chi connectivity index (χ3v) is 7.86. The van der Waals surface area contributed by atoms with Crippen molar-refractivity contribution in [2.75, 3.05) is 31.9 Å². The number of carbonyl (C=O) groups is 2. The SMILES string of the molecule is CCN(CC)CCCNS(=O)(=O)c1ccc(Oc2cc(O)c3c(c2N)C(=O)c2ccccc2C3=O)cc1. The number of nitrogens with one attached hydrogen (secondary N) is 1. The predicted octanol–water partition coefficient (Wildman–Crippen LogP) is 3.55. The Hall–Kier alpha value is -3.73. The number of phenols is 1. The second kappa shape index (κ2) is 10.7. The minimum absolute atomic E-state index is 0.0260. The minimum atomic E-state index is -3.70. The largest absolute Gasteiger partial charge is 0.507 e. The van der Waals surface area contributed by atoms with Gasteiger partial charge in [-0.15, -0.1) is 0 Å². The summed E-state index contributed by atoms with van der Waals surface area (Å²) in [5.41, 5.74) is 6.24. The van der Waals surface area contributed by atoms with Gasteiger partial charge in [-0.2, -0.15) is 0 Å². The van der Waals surface area contributed by atoms with Crippen molar-refractivity contribution in [3.63, 3.8) is 0 Å². The normalized spacial score (nSPS) is 12.9. The molecule has 0 spiro atoms. The van der Waals surface area contributed by atoms with E-state index in [1.165, 1.54) is 42.5 Å². The van der Waals surface area contributed by atoms with E-state index >= 15 is 0 Å². The van der Waals surface area contributed by atoms with Crippen LogP contribution >= 0.6 is 0 Å². The summed E-state index contributed by atoms with van der Waals surface area (Å²) < 4.78 is 33.6. The summed E-state index contributed by atoms with van der Waals surface area (Å²) in [5.74, 6) is -1.21. The summed E-state index contributed by atoms with van der Waals surface area (Å²) in [6.07, 6.45) is 0.689. The van der Waals surface area contributed by atoms with E-state index in [2.05, 4.69) is 23.5 Å². The van der Waals surface area contributed by atoms with Gasteiger partial charge in [-0.3, -0.25) is 9.59 Å². The molecule has 9 nitrogen and oxygen atoms in total. The molecule has 0 atom stereocenters. The zero-order valence-corrected chi connectivity index (χ0v) is 21.5. The molecule has 1 aliphatic rings. The van der Waals surface area contributed by atoms with Crippen LogP contribution in [0.1, 0.15) is 52.1 Å². The maximum absolute atomic E-state index is 13.1. The number of ether oxygens (including phenoxy) is 1. The molecule has 0 unspecified atom stereocenters. The Morgan fingerprint density at radius 3 is 2.14 bits per heavy atom. The number of benzene rings is 3. The zero-order valence-electron chi connectivity index (χ0n) is 20.7. The van der Waals surface area contributed by atoms with Gasteiger partial charge in [0.2, 0.25) is 10.0 Å². The van der Waals surface area contributed by atoms with Crippen molar-refractivity contribution in [2.24, 2.45) is 0 Å². The lowest BCUT2D eigenvalue weighted by Gasteiger charge is -2.21. The summed E-state index contributed by atoms with van der Waals surface area (Å²) in [6, 6.07) is 13.2. The van der Waals surface area contributed by atoms with Crippen molar-refractivity contribution in [3.05, 3.63) is 76.9 Å². The second-order valence-corrected chi connectivity index (χ2v) is 10.4. The number of carbonyl (C=O) groups excluding carboxylic acids is 2. The fraction of sp³-hybridized carbons (Fsp3) is 0.259. The van der Waals surface area contributed by atoms with E-state index in [-0.39, 0.29) is 44.3 Å². The highest BCUT2D eigenvalue weighted by atomic mass is 32.2. The van der Waals surface area contributed by atoms with Crippen LogP contribution in [0.3, 0.4) is 0 Å². The molecule has 37 heavy (non-hydrogen) atoms. The predicted molar refractivity (Wildman–Crippen MR) is 140 cm³/mol. The number of nitrogens with zero attached hydrogens (tertiary/aromatic N) is 1. The van der Waals surface area contributed by atoms with Crippen LogP contribution in [0.15, 0.2) is 59.5 Å². The first kappa shape index (κ1) is 26.3. The van der Waals surface area contributed by atoms with Gasteiger partial charge in [0, 0.05) is 23.7 Å². The molecule has 0 aromatic heterocycles. The highest BCUT2D eigenvalue weighted by Crippen LogP contribution is 2.42. The first-order chi connectivity index (χ1) is 17.7. The molecular weight excluding hydrogens is 494 g/mol. The number of hydrogen-bond acceptors (Lipinski definition) is 8. The molecule has 0 fully saturated rings. The first-order valence-corrected chi connectivity index (χ1v) is 13.5. The second-order valence-electron chi connectivity index (χ2n) is 8.61. The van der Waals surface area contributed by atoms with Crippen LogP contribution in [0.4, 0.5) is 5.69 Å². The molecule has 4 N–H and O–H groups in total. The van der Waals surface area contributed by atoms with Crippen molar-refractivity contribution in [1.82, 2.24) is 9.62 Å². The van der Waals surface area contributed by atoms with Crippen LogP contribution in [0.2, 0.25) is 0 Å². The third-order valence-electron chi connectivity index (χ3n) is 6.38. The number of sulfonamides is 1. The number of aromatic hydroxyl groups is 1. The van der Waals surface area contributed by atoms with Crippen molar-refractivity contribution in [1.29, 1.82) is 0 Å². The van der Waals surface area contributed by atoms with Gasteiger partial charge in [0.25, 0.3) is 0 Å². The van der Waals surface area contributed by atoms with Gasteiger partial charge in [0.1, 0.15) is 11.5 Å². The molecule has 0 saturated carbocycles. The smallest absolute Gasteiger partial charge is 0.240 e. The molecular formula is C27H29N3O6S. The van der Waals surface area contributed by atoms with Gasteiger partial charge in [-0.1, -0.05) is 38.1 Å². The lowest BCUT2D eigenvalue weighted by molar-refractivity contribution is 0.0977. The Labute approximate surface area is 215 Å². The summed E-state index contributed by atoms with van der Waals surface area (Å²) in [7, 11) is -3.70. The van der Waals surface area contributed by atoms with Crippen LogP contribution in [0, 0.1) is 0 Å². The van der Waals surface area contributed by atoms with Gasteiger partial charge in [0.05, 0.1) is 21.7 Å². The topological polar surface area (TPSA) is 139 Å². The fourth-order valence-electron chi connectivity index (χ4n) is 4.30. The van der Waals surface area contributed by atoms with E-state index in [0.717, 1.165) is 19.6 Å². The van der Waals surface area contributed by atoms with Gasteiger partial charge < -0.3 is 20.5 Å². The van der Waals surface area contributed by atoms with Gasteiger partial charge >= 0.3 is 0 Å². The average molecular weight is 524 g/mol. The number of ketones is 2. The van der Waals surface area contributed by atoms with Crippen LogP contribution in [-0.4, -0.2) is 56.2 Å². The number of nitrogen functional groups attached to an aromatic ring is 1. The Morgan fingerprint density at radius 2 is 1.54 bits per heavy atom. The summed E-state index contributed by atoms with van der Waals surface area (Å²) in [6.45, 7) is 7.07. The molecule has 3 aromatic carbocycles. The monoisotopic (exact) mass is 523 g/mol. The third kappa shape index (κ3) is 5.22. The zero-order chi connectivity index (χ0) is 26.7. The Morgan fingerprint density at radius 1 is 0.946 bits per heavy atom. The molecule has 10 heteroatoms. The molecule has 1 aliphatic carbocycles. The standard InChI is InChI=1S/C27H29N3O6S/c1-3-30(4-2)15-7-14-29-37(34,35)18-12-10-17(11-13-18)36-22-16-21(31)23-24(25(22)28)27(33)20-9-6-5-8-19(20)26(23)32/h5-6,8-13,16,29,31H,3-4,7,14-15,28H2,1-2H3. The van der Waals surface area contributed by atoms with Crippen molar-refractivity contribution in [2.45, 2.75) is 25.2 Å². The fourth-order valence-corrected chi connectivity index (χ4v) is 5.38. The minimum Gasteiger partial charge on any atom is -0.507 e. The van der Waals surface area contributed by atoms with Crippen molar-refractivity contribution in [3.8, 4) is 17.2 Å². The van der Waals surface area contributed by atoms with E-state index in [0.29, 0.717) is 13.0 Å². The molecule has 0 bridgehead atoms. The van der Waals surface area contributed by atoms with Gasteiger partial charge in [-0.05, 0) is 50.3 Å². The maximum Gasteiger partial charge on any atom is 0.240 e. The molecule has 0 radical (unpaired) electrons. The van der Waals surface area contributed by atoms with E-state index in [1.807, 2.05) is 0 Å². The maximum atomic E-state index is 13.1. The Bertz CT molecular complexity index is 1450. The average Bonchev–Trinajstić information content (AvgIpc) is 2.89. The van der Waals surface area contributed by atoms with E-state index in [1.54, 1.807) is 12.1 Å². The molecule has 3 aromatic rings. The number of anilines is 1. The summed E-state index contributed by atoms with van der Waals surface area (Å²) >= 11 is 0.